The summed E-state index contributed by atoms with van der Waals surface area (Å²) in [5.74, 6) is 1.29. The van der Waals surface area contributed by atoms with Crippen molar-refractivity contribution < 1.29 is 9.59 Å². The summed E-state index contributed by atoms with van der Waals surface area (Å²) in [6.07, 6.45) is 3.68. The molecule has 2 aromatic rings. The molecule has 9 heteroatoms. The monoisotopic (exact) mass is 388 g/mol. The fourth-order valence-electron chi connectivity index (χ4n) is 3.00. The zero-order chi connectivity index (χ0) is 19.1. The topological polar surface area (TPSA) is 103 Å². The second-order valence-corrected chi connectivity index (χ2v) is 7.68. The van der Waals surface area contributed by atoms with Crippen molar-refractivity contribution in [2.24, 2.45) is 5.92 Å². The number of amides is 3. The number of hydrogen-bond donors (Lipinski definition) is 3. The molecule has 0 bridgehead atoms. The van der Waals surface area contributed by atoms with Crippen LogP contribution in [0.2, 0.25) is 0 Å². The first kappa shape index (κ1) is 19.2. The van der Waals surface area contributed by atoms with Crippen LogP contribution >= 0.6 is 11.8 Å². The molecule has 3 N–H and O–H groups in total. The third-order valence-electron chi connectivity index (χ3n) is 4.35. The maximum absolute atomic E-state index is 12.6. The number of thioether (sulfide) groups is 1. The second-order valence-electron chi connectivity index (χ2n) is 6.60. The molecule has 27 heavy (non-hydrogen) atoms. The van der Waals surface area contributed by atoms with Gasteiger partial charge in [-0.1, -0.05) is 18.7 Å². The Bertz CT molecular complexity index is 750. The zero-order valence-electron chi connectivity index (χ0n) is 15.3. The first-order valence-corrected chi connectivity index (χ1v) is 10.0. The molecule has 1 aromatic heterocycles. The van der Waals surface area contributed by atoms with Crippen LogP contribution in [-0.2, 0) is 0 Å². The Labute approximate surface area is 162 Å². The summed E-state index contributed by atoms with van der Waals surface area (Å²) in [4.78, 5) is 30.4. The molecule has 0 saturated carbocycles. The number of urea groups is 1. The van der Waals surface area contributed by atoms with Gasteiger partial charge in [-0.15, -0.1) is 0 Å². The first-order chi connectivity index (χ1) is 13.1. The van der Waals surface area contributed by atoms with Crippen molar-refractivity contribution in [3.05, 3.63) is 36.2 Å². The number of likely N-dealkylation sites (tertiary alicyclic amines) is 1. The molecular formula is C18H24N6O2S. The Morgan fingerprint density at radius 3 is 2.85 bits per heavy atom. The fraction of sp³-hybridized carbons (Fsp3) is 0.444. The molecule has 0 unspecified atom stereocenters. The number of nitrogens with one attached hydrogen (secondary N) is 3. The van der Waals surface area contributed by atoms with E-state index in [4.69, 9.17) is 0 Å². The largest absolute Gasteiger partial charge is 0.338 e. The van der Waals surface area contributed by atoms with Crippen molar-refractivity contribution in [2.75, 3.05) is 30.7 Å². The first-order valence-electron chi connectivity index (χ1n) is 9.04. The van der Waals surface area contributed by atoms with Crippen molar-refractivity contribution in [2.45, 2.75) is 24.9 Å². The molecule has 3 amide bonds. The van der Waals surface area contributed by atoms with Gasteiger partial charge in [-0.05, 0) is 43.0 Å². The van der Waals surface area contributed by atoms with E-state index in [1.54, 1.807) is 24.3 Å². The summed E-state index contributed by atoms with van der Waals surface area (Å²) >= 11 is 1.48. The lowest BCUT2D eigenvalue weighted by atomic mass is 9.99. The van der Waals surface area contributed by atoms with Crippen molar-refractivity contribution in [3.8, 4) is 0 Å². The molecule has 0 spiro atoms. The number of hydrogen-bond acceptors (Lipinski definition) is 5. The van der Waals surface area contributed by atoms with Crippen LogP contribution in [0.1, 0.15) is 30.1 Å². The molecule has 8 nitrogen and oxygen atoms in total. The molecule has 1 atom stereocenters. The van der Waals surface area contributed by atoms with Gasteiger partial charge in [0.2, 0.25) is 0 Å². The summed E-state index contributed by atoms with van der Waals surface area (Å²) in [5.41, 5.74) is 1.30. The van der Waals surface area contributed by atoms with Crippen LogP contribution in [0.5, 0.6) is 0 Å². The van der Waals surface area contributed by atoms with Gasteiger partial charge < -0.3 is 15.5 Å². The van der Waals surface area contributed by atoms with E-state index in [9.17, 15) is 9.59 Å². The molecule has 1 aliphatic heterocycles. The molecule has 0 radical (unpaired) electrons. The van der Waals surface area contributed by atoms with Gasteiger partial charge in [0.15, 0.2) is 5.16 Å². The van der Waals surface area contributed by atoms with Gasteiger partial charge in [-0.25, -0.2) is 9.78 Å². The Kier molecular flexibility index (Phi) is 6.69. The van der Waals surface area contributed by atoms with E-state index in [0.29, 0.717) is 29.5 Å². The SMILES string of the molecule is C[C@H]1CCCN(C(=O)c2ccc(NC(=O)NCCSc3ncn[nH]3)cc2)C1. The minimum atomic E-state index is -0.280. The Hall–Kier alpha value is -2.55. The predicted molar refractivity (Wildman–Crippen MR) is 105 cm³/mol. The quantitative estimate of drug-likeness (QED) is 0.521. The third kappa shape index (κ3) is 5.72. The van der Waals surface area contributed by atoms with Crippen molar-refractivity contribution in [3.63, 3.8) is 0 Å². The Balaban J connectivity index is 1.42. The van der Waals surface area contributed by atoms with E-state index in [1.165, 1.54) is 24.5 Å². The second kappa shape index (κ2) is 9.40. The minimum absolute atomic E-state index is 0.0574. The maximum atomic E-state index is 12.6. The predicted octanol–water partition coefficient (Wildman–Crippen LogP) is 2.59. The number of carbonyl (C=O) groups is 2. The standard InChI is InChI=1S/C18H24N6O2S/c1-13-3-2-9-24(11-13)16(25)14-4-6-15(7-5-14)22-17(26)19-8-10-27-18-20-12-21-23-18/h4-7,12-13H,2-3,8-11H2,1H3,(H2,19,22,26)(H,20,21,23)/t13-/m0/s1. The highest BCUT2D eigenvalue weighted by atomic mass is 32.2. The van der Waals surface area contributed by atoms with Crippen LogP contribution in [0.15, 0.2) is 35.7 Å². The Morgan fingerprint density at radius 1 is 1.33 bits per heavy atom. The highest BCUT2D eigenvalue weighted by Crippen LogP contribution is 2.19. The molecular weight excluding hydrogens is 364 g/mol. The summed E-state index contributed by atoms with van der Waals surface area (Å²) in [6.45, 7) is 4.31. The van der Waals surface area contributed by atoms with Crippen LogP contribution in [0.3, 0.4) is 0 Å². The number of piperidine rings is 1. The van der Waals surface area contributed by atoms with Crippen LogP contribution in [0, 0.1) is 5.92 Å². The number of benzene rings is 1. The maximum Gasteiger partial charge on any atom is 0.319 e. The lowest BCUT2D eigenvalue weighted by Gasteiger charge is -2.31. The van der Waals surface area contributed by atoms with Gasteiger partial charge in [-0.3, -0.25) is 9.89 Å². The number of carbonyl (C=O) groups excluding carboxylic acids is 2. The molecule has 1 aromatic carbocycles. The Morgan fingerprint density at radius 2 is 2.15 bits per heavy atom. The number of anilines is 1. The lowest BCUT2D eigenvalue weighted by molar-refractivity contribution is 0.0683. The molecule has 2 heterocycles. The van der Waals surface area contributed by atoms with Crippen LogP contribution in [0.25, 0.3) is 0 Å². The summed E-state index contributed by atoms with van der Waals surface area (Å²) < 4.78 is 0. The number of aromatic nitrogens is 3. The molecule has 1 aliphatic rings. The summed E-state index contributed by atoms with van der Waals surface area (Å²) in [7, 11) is 0. The van der Waals surface area contributed by atoms with E-state index >= 15 is 0 Å². The van der Waals surface area contributed by atoms with Gasteiger partial charge in [0, 0.05) is 36.6 Å². The van der Waals surface area contributed by atoms with Gasteiger partial charge in [-0.2, -0.15) is 5.10 Å². The molecule has 1 fully saturated rings. The van der Waals surface area contributed by atoms with Gasteiger partial charge in [0.1, 0.15) is 6.33 Å². The summed E-state index contributed by atoms with van der Waals surface area (Å²) in [6, 6.07) is 6.75. The van der Waals surface area contributed by atoms with Crippen LogP contribution < -0.4 is 10.6 Å². The minimum Gasteiger partial charge on any atom is -0.338 e. The van der Waals surface area contributed by atoms with E-state index < -0.39 is 0 Å². The van der Waals surface area contributed by atoms with E-state index in [-0.39, 0.29) is 11.9 Å². The molecule has 3 rings (SSSR count). The van der Waals surface area contributed by atoms with Crippen molar-refractivity contribution in [1.82, 2.24) is 25.4 Å². The normalized spacial score (nSPS) is 16.8. The van der Waals surface area contributed by atoms with Gasteiger partial charge >= 0.3 is 6.03 Å². The van der Waals surface area contributed by atoms with E-state index in [0.717, 1.165) is 24.7 Å². The average Bonchev–Trinajstić information content (AvgIpc) is 3.19. The highest BCUT2D eigenvalue weighted by molar-refractivity contribution is 7.99. The van der Waals surface area contributed by atoms with Crippen molar-refractivity contribution >= 4 is 29.4 Å². The smallest absolute Gasteiger partial charge is 0.319 e. The van der Waals surface area contributed by atoms with Crippen LogP contribution in [-0.4, -0.2) is 57.4 Å². The van der Waals surface area contributed by atoms with Crippen molar-refractivity contribution in [1.29, 1.82) is 0 Å². The molecule has 1 saturated heterocycles. The number of aromatic amines is 1. The molecule has 0 aliphatic carbocycles. The molecule has 144 valence electrons. The third-order valence-corrected chi connectivity index (χ3v) is 5.23. The lowest BCUT2D eigenvalue weighted by Crippen LogP contribution is -2.39. The fourth-order valence-corrected chi connectivity index (χ4v) is 3.64. The zero-order valence-corrected chi connectivity index (χ0v) is 16.1. The number of rotatable bonds is 6. The average molecular weight is 388 g/mol. The van der Waals surface area contributed by atoms with Gasteiger partial charge in [0.25, 0.3) is 5.91 Å². The number of nitrogens with zero attached hydrogens (tertiary/aromatic N) is 3. The summed E-state index contributed by atoms with van der Waals surface area (Å²) in [5, 5.41) is 12.8. The van der Waals surface area contributed by atoms with Crippen LogP contribution in [0.4, 0.5) is 10.5 Å². The van der Waals surface area contributed by atoms with E-state index in [1.807, 2.05) is 4.90 Å². The highest BCUT2D eigenvalue weighted by Gasteiger charge is 2.21. The van der Waals surface area contributed by atoms with Gasteiger partial charge in [0.05, 0.1) is 0 Å². The number of H-pyrrole nitrogens is 1. The van der Waals surface area contributed by atoms with E-state index in [2.05, 4.69) is 32.7 Å².